The van der Waals surface area contributed by atoms with Crippen molar-refractivity contribution in [1.82, 2.24) is 10.6 Å². The van der Waals surface area contributed by atoms with Crippen molar-refractivity contribution in [2.75, 3.05) is 0 Å². The number of amides is 2. The molecule has 0 aromatic heterocycles. The molecule has 0 spiro atoms. The fourth-order valence-corrected chi connectivity index (χ4v) is 2.44. The standard InChI is InChI=1S/C14H24N2O4/c1-9(2)15-12(17)4-3-5-13(18)16-11-7-6-10(8-11)14(19)20/h9-11H,3-8H2,1-2H3,(H,15,17)(H,16,18)(H,19,20)/t10-,11+/m0/s1. The van der Waals surface area contributed by atoms with Crippen molar-refractivity contribution in [2.24, 2.45) is 5.92 Å². The lowest BCUT2D eigenvalue weighted by Gasteiger charge is -2.12. The number of carboxylic acids is 1. The zero-order chi connectivity index (χ0) is 15.1. The average Bonchev–Trinajstić information content (AvgIpc) is 2.76. The average molecular weight is 284 g/mol. The van der Waals surface area contributed by atoms with Crippen LogP contribution in [0.15, 0.2) is 0 Å². The maximum absolute atomic E-state index is 11.7. The van der Waals surface area contributed by atoms with Crippen LogP contribution in [0, 0.1) is 5.92 Å². The maximum Gasteiger partial charge on any atom is 0.306 e. The highest BCUT2D eigenvalue weighted by Gasteiger charge is 2.30. The van der Waals surface area contributed by atoms with Crippen molar-refractivity contribution in [3.63, 3.8) is 0 Å². The molecular weight excluding hydrogens is 260 g/mol. The van der Waals surface area contributed by atoms with Crippen molar-refractivity contribution < 1.29 is 19.5 Å². The molecule has 1 aliphatic rings. The number of carboxylic acid groups (broad SMARTS) is 1. The number of hydrogen-bond acceptors (Lipinski definition) is 3. The molecule has 1 fully saturated rings. The molecule has 1 rings (SSSR count). The van der Waals surface area contributed by atoms with Gasteiger partial charge in [0.1, 0.15) is 0 Å². The number of carbonyl (C=O) groups is 3. The van der Waals surface area contributed by atoms with E-state index < -0.39 is 5.97 Å². The minimum absolute atomic E-state index is 0.0342. The SMILES string of the molecule is CC(C)NC(=O)CCCC(=O)N[C@@H]1CC[C@H](C(=O)O)C1. The molecule has 0 aromatic rings. The molecule has 0 unspecified atom stereocenters. The van der Waals surface area contributed by atoms with Crippen LogP contribution in [-0.4, -0.2) is 35.0 Å². The molecule has 0 aliphatic heterocycles. The third-order valence-corrected chi connectivity index (χ3v) is 3.40. The molecule has 1 saturated carbocycles. The van der Waals surface area contributed by atoms with Gasteiger partial charge in [-0.25, -0.2) is 0 Å². The molecule has 0 heterocycles. The van der Waals surface area contributed by atoms with E-state index in [2.05, 4.69) is 10.6 Å². The molecule has 0 bridgehead atoms. The second-order valence-electron chi connectivity index (χ2n) is 5.69. The molecule has 0 aromatic carbocycles. The molecule has 114 valence electrons. The maximum atomic E-state index is 11.7. The Morgan fingerprint density at radius 2 is 1.80 bits per heavy atom. The lowest BCUT2D eigenvalue weighted by molar-refractivity contribution is -0.141. The van der Waals surface area contributed by atoms with Crippen LogP contribution in [0.25, 0.3) is 0 Å². The van der Waals surface area contributed by atoms with Gasteiger partial charge in [-0.3, -0.25) is 14.4 Å². The Labute approximate surface area is 119 Å². The van der Waals surface area contributed by atoms with Gasteiger partial charge in [-0.1, -0.05) is 0 Å². The van der Waals surface area contributed by atoms with Gasteiger partial charge >= 0.3 is 5.97 Å². The molecule has 2 atom stereocenters. The monoisotopic (exact) mass is 284 g/mol. The van der Waals surface area contributed by atoms with E-state index in [1.165, 1.54) is 0 Å². The summed E-state index contributed by atoms with van der Waals surface area (Å²) in [6.07, 6.45) is 3.01. The van der Waals surface area contributed by atoms with Gasteiger partial charge in [0.05, 0.1) is 5.92 Å². The molecule has 6 nitrogen and oxygen atoms in total. The first-order chi connectivity index (χ1) is 9.38. The highest BCUT2D eigenvalue weighted by atomic mass is 16.4. The Kier molecular flexibility index (Phi) is 6.48. The molecule has 2 amide bonds. The normalized spacial score (nSPS) is 21.8. The van der Waals surface area contributed by atoms with Crippen LogP contribution < -0.4 is 10.6 Å². The summed E-state index contributed by atoms with van der Waals surface area (Å²) in [7, 11) is 0. The smallest absolute Gasteiger partial charge is 0.306 e. The van der Waals surface area contributed by atoms with Crippen molar-refractivity contribution in [2.45, 2.75) is 64.5 Å². The van der Waals surface area contributed by atoms with Crippen LogP contribution in [0.3, 0.4) is 0 Å². The second-order valence-corrected chi connectivity index (χ2v) is 5.69. The highest BCUT2D eigenvalue weighted by Crippen LogP contribution is 2.25. The third-order valence-electron chi connectivity index (χ3n) is 3.40. The predicted molar refractivity (Wildman–Crippen MR) is 74.0 cm³/mol. The molecular formula is C14H24N2O4. The third kappa shape index (κ3) is 6.04. The van der Waals surface area contributed by atoms with E-state index in [9.17, 15) is 14.4 Å². The summed E-state index contributed by atoms with van der Waals surface area (Å²) in [5.74, 6) is -1.26. The fourth-order valence-electron chi connectivity index (χ4n) is 2.44. The van der Waals surface area contributed by atoms with E-state index >= 15 is 0 Å². The highest BCUT2D eigenvalue weighted by molar-refractivity contribution is 5.79. The largest absolute Gasteiger partial charge is 0.481 e. The Balaban J connectivity index is 2.15. The molecule has 0 radical (unpaired) electrons. The Bertz CT molecular complexity index is 368. The summed E-state index contributed by atoms with van der Waals surface area (Å²) in [5.41, 5.74) is 0. The van der Waals surface area contributed by atoms with Gasteiger partial charge in [-0.15, -0.1) is 0 Å². The van der Waals surface area contributed by atoms with Crippen molar-refractivity contribution in [3.8, 4) is 0 Å². The topological polar surface area (TPSA) is 95.5 Å². The van der Waals surface area contributed by atoms with Gasteiger partial charge in [-0.05, 0) is 39.5 Å². The molecule has 1 aliphatic carbocycles. The number of aliphatic carboxylic acids is 1. The quantitative estimate of drug-likeness (QED) is 0.651. The van der Waals surface area contributed by atoms with E-state index in [0.717, 1.165) is 6.42 Å². The summed E-state index contributed by atoms with van der Waals surface area (Å²) >= 11 is 0. The Morgan fingerprint density at radius 1 is 1.15 bits per heavy atom. The minimum Gasteiger partial charge on any atom is -0.481 e. The zero-order valence-corrected chi connectivity index (χ0v) is 12.1. The van der Waals surface area contributed by atoms with E-state index in [1.807, 2.05) is 13.8 Å². The number of carbonyl (C=O) groups excluding carboxylic acids is 2. The van der Waals surface area contributed by atoms with Gasteiger partial charge in [0.2, 0.25) is 11.8 Å². The predicted octanol–water partition coefficient (Wildman–Crippen LogP) is 1.05. The summed E-state index contributed by atoms with van der Waals surface area (Å²) in [6, 6.07) is 0.0795. The molecule has 20 heavy (non-hydrogen) atoms. The van der Waals surface area contributed by atoms with E-state index in [4.69, 9.17) is 5.11 Å². The first kappa shape index (κ1) is 16.5. The van der Waals surface area contributed by atoms with Gasteiger partial charge in [0, 0.05) is 24.9 Å². The van der Waals surface area contributed by atoms with Crippen LogP contribution in [0.5, 0.6) is 0 Å². The second kappa shape index (κ2) is 7.87. The van der Waals surface area contributed by atoms with Crippen LogP contribution in [0.2, 0.25) is 0 Å². The van der Waals surface area contributed by atoms with Crippen LogP contribution in [0.4, 0.5) is 0 Å². The van der Waals surface area contributed by atoms with Crippen LogP contribution in [0.1, 0.15) is 52.4 Å². The van der Waals surface area contributed by atoms with E-state index in [1.54, 1.807) is 0 Å². The zero-order valence-electron chi connectivity index (χ0n) is 12.1. The van der Waals surface area contributed by atoms with E-state index in [-0.39, 0.29) is 29.8 Å². The van der Waals surface area contributed by atoms with Crippen molar-refractivity contribution in [1.29, 1.82) is 0 Å². The Morgan fingerprint density at radius 3 is 2.35 bits per heavy atom. The number of nitrogens with one attached hydrogen (secondary N) is 2. The van der Waals surface area contributed by atoms with Gasteiger partial charge in [0.15, 0.2) is 0 Å². The molecule has 3 N–H and O–H groups in total. The summed E-state index contributed by atoms with van der Waals surface area (Å²) in [4.78, 5) is 33.9. The molecule has 0 saturated heterocycles. The van der Waals surface area contributed by atoms with E-state index in [0.29, 0.717) is 32.1 Å². The summed E-state index contributed by atoms with van der Waals surface area (Å²) < 4.78 is 0. The first-order valence-corrected chi connectivity index (χ1v) is 7.20. The first-order valence-electron chi connectivity index (χ1n) is 7.20. The van der Waals surface area contributed by atoms with Crippen molar-refractivity contribution >= 4 is 17.8 Å². The lowest BCUT2D eigenvalue weighted by Crippen LogP contribution is -2.34. The lowest BCUT2D eigenvalue weighted by atomic mass is 10.1. The Hall–Kier alpha value is -1.59. The van der Waals surface area contributed by atoms with Gasteiger partial charge < -0.3 is 15.7 Å². The van der Waals surface area contributed by atoms with Gasteiger partial charge in [0.25, 0.3) is 0 Å². The van der Waals surface area contributed by atoms with Crippen molar-refractivity contribution in [3.05, 3.63) is 0 Å². The number of rotatable bonds is 7. The van der Waals surface area contributed by atoms with Crippen LogP contribution >= 0.6 is 0 Å². The number of hydrogen-bond donors (Lipinski definition) is 3. The molecule has 6 heteroatoms. The summed E-state index contributed by atoms with van der Waals surface area (Å²) in [6.45, 7) is 3.78. The fraction of sp³-hybridized carbons (Fsp3) is 0.786. The summed E-state index contributed by atoms with van der Waals surface area (Å²) in [5, 5.41) is 14.5. The van der Waals surface area contributed by atoms with Crippen LogP contribution in [-0.2, 0) is 14.4 Å². The minimum atomic E-state index is -0.785. The van der Waals surface area contributed by atoms with Gasteiger partial charge in [-0.2, -0.15) is 0 Å².